The Morgan fingerprint density at radius 2 is 2.10 bits per heavy atom. The summed E-state index contributed by atoms with van der Waals surface area (Å²) in [6.45, 7) is 4.50. The van der Waals surface area contributed by atoms with Crippen molar-refractivity contribution < 1.29 is 5.11 Å². The van der Waals surface area contributed by atoms with Crippen LogP contribution in [0.4, 0.5) is 0 Å². The van der Waals surface area contributed by atoms with Gasteiger partial charge in [0.25, 0.3) is 0 Å². The minimum atomic E-state index is -0.509. The van der Waals surface area contributed by atoms with Gasteiger partial charge in [-0.25, -0.2) is 0 Å². The van der Waals surface area contributed by atoms with Gasteiger partial charge in [0, 0.05) is 5.75 Å². The normalized spacial score (nSPS) is 32.6. The molecule has 1 aromatic carbocycles. The molecule has 1 N–H and O–H groups in total. The van der Waals surface area contributed by atoms with E-state index in [1.807, 2.05) is 11.8 Å². The first-order valence-corrected chi connectivity index (χ1v) is 9.05. The molecule has 0 bridgehead atoms. The number of hydrogen-bond donors (Lipinski definition) is 1. The van der Waals surface area contributed by atoms with Gasteiger partial charge >= 0.3 is 0 Å². The van der Waals surface area contributed by atoms with Crippen LogP contribution in [0.1, 0.15) is 56.6 Å². The molecule has 2 heteroatoms. The van der Waals surface area contributed by atoms with E-state index in [1.54, 1.807) is 0 Å². The van der Waals surface area contributed by atoms with Gasteiger partial charge in [-0.05, 0) is 60.3 Å². The number of aryl methyl sites for hydroxylation is 1. The second-order valence-corrected chi connectivity index (χ2v) is 8.32. The first-order valence-electron chi connectivity index (χ1n) is 7.90. The largest absolute Gasteiger partial charge is 0.388 e. The highest BCUT2D eigenvalue weighted by Gasteiger charge is 2.47. The lowest BCUT2D eigenvalue weighted by atomic mass is 9.67. The molecule has 2 unspecified atom stereocenters. The van der Waals surface area contributed by atoms with Crippen LogP contribution in [0.25, 0.3) is 0 Å². The third-order valence-electron chi connectivity index (χ3n) is 5.55. The van der Waals surface area contributed by atoms with Crippen molar-refractivity contribution in [2.75, 3.05) is 11.5 Å². The first-order chi connectivity index (χ1) is 9.52. The van der Waals surface area contributed by atoms with E-state index in [0.717, 1.165) is 18.6 Å². The standard InChI is InChI=1S/C18H26OS/c1-17(2)10-11-20-13-18(17,19)12-15-8-5-7-14-6-3-4-9-16(14)15/h3-4,6,9,15,19H,5,7-8,10-13H2,1-2H3. The van der Waals surface area contributed by atoms with Crippen LogP contribution in [0.3, 0.4) is 0 Å². The van der Waals surface area contributed by atoms with Gasteiger partial charge in [-0.15, -0.1) is 0 Å². The van der Waals surface area contributed by atoms with Crippen LogP contribution in [-0.2, 0) is 6.42 Å². The maximum Gasteiger partial charge on any atom is 0.0794 e. The van der Waals surface area contributed by atoms with E-state index in [-0.39, 0.29) is 5.41 Å². The SMILES string of the molecule is CC1(C)CCSCC1(O)CC1CCCc2ccccc21. The van der Waals surface area contributed by atoms with Crippen LogP contribution in [0.2, 0.25) is 0 Å². The predicted molar refractivity (Wildman–Crippen MR) is 87.4 cm³/mol. The van der Waals surface area contributed by atoms with Crippen LogP contribution in [0, 0.1) is 5.41 Å². The third kappa shape index (κ3) is 2.53. The second kappa shape index (κ2) is 5.38. The summed E-state index contributed by atoms with van der Waals surface area (Å²) in [7, 11) is 0. The van der Waals surface area contributed by atoms with Crippen molar-refractivity contribution >= 4 is 11.8 Å². The molecule has 1 aliphatic carbocycles. The Morgan fingerprint density at radius 1 is 1.30 bits per heavy atom. The minimum absolute atomic E-state index is 0.0463. The van der Waals surface area contributed by atoms with Crippen LogP contribution in [0.5, 0.6) is 0 Å². The van der Waals surface area contributed by atoms with E-state index in [2.05, 4.69) is 38.1 Å². The number of rotatable bonds is 2. The number of hydrogen-bond acceptors (Lipinski definition) is 2. The number of thioether (sulfide) groups is 1. The summed E-state index contributed by atoms with van der Waals surface area (Å²) in [5.41, 5.74) is 2.54. The van der Waals surface area contributed by atoms with Crippen molar-refractivity contribution in [2.45, 2.75) is 57.5 Å². The molecule has 2 atom stereocenters. The molecule has 1 nitrogen and oxygen atoms in total. The smallest absolute Gasteiger partial charge is 0.0794 e. The van der Waals surface area contributed by atoms with Crippen molar-refractivity contribution in [3.63, 3.8) is 0 Å². The second-order valence-electron chi connectivity index (χ2n) is 7.21. The minimum Gasteiger partial charge on any atom is -0.388 e. The molecule has 0 amide bonds. The van der Waals surface area contributed by atoms with Crippen molar-refractivity contribution in [2.24, 2.45) is 5.41 Å². The number of fused-ring (bicyclic) bond motifs is 1. The molecule has 1 aliphatic heterocycles. The quantitative estimate of drug-likeness (QED) is 0.871. The van der Waals surface area contributed by atoms with Crippen LogP contribution in [0.15, 0.2) is 24.3 Å². The molecular formula is C18H26OS. The summed E-state index contributed by atoms with van der Waals surface area (Å²) in [5, 5.41) is 11.3. The van der Waals surface area contributed by atoms with Gasteiger partial charge in [0.2, 0.25) is 0 Å². The van der Waals surface area contributed by atoms with E-state index in [0.29, 0.717) is 5.92 Å². The van der Waals surface area contributed by atoms with Crippen molar-refractivity contribution in [3.8, 4) is 0 Å². The van der Waals surface area contributed by atoms with Gasteiger partial charge in [0.1, 0.15) is 0 Å². The van der Waals surface area contributed by atoms with Gasteiger partial charge in [-0.1, -0.05) is 38.1 Å². The fraction of sp³-hybridized carbons (Fsp3) is 0.667. The highest BCUT2D eigenvalue weighted by atomic mass is 32.2. The Hall–Kier alpha value is -0.470. The van der Waals surface area contributed by atoms with Crippen LogP contribution in [-0.4, -0.2) is 22.2 Å². The highest BCUT2D eigenvalue weighted by Crippen LogP contribution is 2.48. The Bertz CT molecular complexity index is 482. The zero-order valence-electron chi connectivity index (χ0n) is 12.7. The van der Waals surface area contributed by atoms with Gasteiger partial charge in [0.15, 0.2) is 0 Å². The third-order valence-corrected chi connectivity index (χ3v) is 6.72. The number of aliphatic hydroxyl groups is 1. The Morgan fingerprint density at radius 3 is 2.90 bits per heavy atom. The first kappa shape index (κ1) is 14.5. The lowest BCUT2D eigenvalue weighted by Gasteiger charge is -2.48. The van der Waals surface area contributed by atoms with E-state index >= 15 is 0 Å². The van der Waals surface area contributed by atoms with Crippen molar-refractivity contribution in [1.82, 2.24) is 0 Å². The highest BCUT2D eigenvalue weighted by molar-refractivity contribution is 7.99. The topological polar surface area (TPSA) is 20.2 Å². The van der Waals surface area contributed by atoms with Crippen molar-refractivity contribution in [1.29, 1.82) is 0 Å². The average molecular weight is 290 g/mol. The van der Waals surface area contributed by atoms with Gasteiger partial charge in [-0.3, -0.25) is 0 Å². The van der Waals surface area contributed by atoms with Crippen molar-refractivity contribution in [3.05, 3.63) is 35.4 Å². The van der Waals surface area contributed by atoms with E-state index in [4.69, 9.17) is 0 Å². The molecule has 0 radical (unpaired) electrons. The maximum atomic E-state index is 11.3. The summed E-state index contributed by atoms with van der Waals surface area (Å²) >= 11 is 1.92. The Balaban J connectivity index is 1.85. The average Bonchev–Trinajstić information content (AvgIpc) is 2.43. The monoisotopic (exact) mass is 290 g/mol. The lowest BCUT2D eigenvalue weighted by Crippen LogP contribution is -2.51. The molecule has 0 aromatic heterocycles. The summed E-state index contributed by atoms with van der Waals surface area (Å²) < 4.78 is 0. The molecule has 2 aliphatic rings. The van der Waals surface area contributed by atoms with Gasteiger partial charge < -0.3 is 5.11 Å². The maximum absolute atomic E-state index is 11.3. The fourth-order valence-electron chi connectivity index (χ4n) is 3.81. The summed E-state index contributed by atoms with van der Waals surface area (Å²) in [6, 6.07) is 8.86. The summed E-state index contributed by atoms with van der Waals surface area (Å²) in [5.74, 6) is 2.64. The molecule has 3 rings (SSSR count). The van der Waals surface area contributed by atoms with E-state index in [9.17, 15) is 5.11 Å². The van der Waals surface area contributed by atoms with E-state index in [1.165, 1.54) is 36.1 Å². The molecule has 20 heavy (non-hydrogen) atoms. The summed E-state index contributed by atoms with van der Waals surface area (Å²) in [6.07, 6.45) is 5.78. The zero-order chi connectivity index (χ0) is 14.2. The molecule has 110 valence electrons. The van der Waals surface area contributed by atoms with Gasteiger partial charge in [0.05, 0.1) is 5.60 Å². The molecule has 0 saturated carbocycles. The van der Waals surface area contributed by atoms with Crippen LogP contribution >= 0.6 is 11.8 Å². The Labute approximate surface area is 127 Å². The molecule has 1 fully saturated rings. The molecule has 1 aromatic rings. The molecule has 1 saturated heterocycles. The molecule has 1 heterocycles. The Kier molecular flexibility index (Phi) is 3.89. The zero-order valence-corrected chi connectivity index (χ0v) is 13.5. The summed E-state index contributed by atoms with van der Waals surface area (Å²) in [4.78, 5) is 0. The molecular weight excluding hydrogens is 264 g/mol. The van der Waals surface area contributed by atoms with E-state index < -0.39 is 5.60 Å². The van der Waals surface area contributed by atoms with Gasteiger partial charge in [-0.2, -0.15) is 11.8 Å². The fourth-order valence-corrected chi connectivity index (χ4v) is 5.45. The predicted octanol–water partition coefficient (Wildman–Crippen LogP) is 4.39. The molecule has 0 spiro atoms. The lowest BCUT2D eigenvalue weighted by molar-refractivity contribution is -0.0640. The number of benzene rings is 1. The van der Waals surface area contributed by atoms with Crippen LogP contribution < -0.4 is 0 Å².